The van der Waals surface area contributed by atoms with E-state index in [9.17, 15) is 4.39 Å². The van der Waals surface area contributed by atoms with E-state index >= 15 is 0 Å². The van der Waals surface area contributed by atoms with Crippen LogP contribution in [0.1, 0.15) is 12.5 Å². The third-order valence-electron chi connectivity index (χ3n) is 2.77. The molecule has 0 fully saturated rings. The summed E-state index contributed by atoms with van der Waals surface area (Å²) < 4.78 is 13.8. The molecule has 2 aromatic carbocycles. The Hall–Kier alpha value is -1.38. The van der Waals surface area contributed by atoms with Crippen LogP contribution in [-0.4, -0.2) is 6.54 Å². The van der Waals surface area contributed by atoms with Crippen molar-refractivity contribution in [3.05, 3.63) is 58.9 Å². The highest BCUT2D eigenvalue weighted by atomic mass is 35.5. The summed E-state index contributed by atoms with van der Waals surface area (Å²) in [6, 6.07) is 12.4. The van der Waals surface area contributed by atoms with Crippen LogP contribution in [0, 0.1) is 5.82 Å². The third kappa shape index (κ3) is 3.09. The summed E-state index contributed by atoms with van der Waals surface area (Å²) in [5.41, 5.74) is 2.53. The Balaban J connectivity index is 2.33. The molecule has 0 aliphatic carbocycles. The van der Waals surface area contributed by atoms with Gasteiger partial charge in [-0.2, -0.15) is 0 Å². The normalized spacial score (nSPS) is 10.6. The monoisotopic (exact) mass is 263 g/mol. The van der Waals surface area contributed by atoms with E-state index in [1.807, 2.05) is 25.1 Å². The van der Waals surface area contributed by atoms with Crippen LogP contribution in [0.2, 0.25) is 5.02 Å². The van der Waals surface area contributed by atoms with Gasteiger partial charge in [-0.1, -0.05) is 36.7 Å². The highest BCUT2D eigenvalue weighted by Crippen LogP contribution is 2.25. The standard InChI is InChI=1S/C15H15ClFN/c1-2-18-10-11-3-8-15(17)14(9-11)12-4-6-13(16)7-5-12/h3-9,18H,2,10H2,1H3. The van der Waals surface area contributed by atoms with E-state index in [4.69, 9.17) is 11.6 Å². The Morgan fingerprint density at radius 2 is 1.83 bits per heavy atom. The highest BCUT2D eigenvalue weighted by molar-refractivity contribution is 6.30. The lowest BCUT2D eigenvalue weighted by Crippen LogP contribution is -2.11. The second-order valence-corrected chi connectivity index (χ2v) is 4.54. The van der Waals surface area contributed by atoms with Crippen LogP contribution in [-0.2, 0) is 6.54 Å². The van der Waals surface area contributed by atoms with Crippen LogP contribution in [0.4, 0.5) is 4.39 Å². The number of rotatable bonds is 4. The van der Waals surface area contributed by atoms with Crippen molar-refractivity contribution >= 4 is 11.6 Å². The highest BCUT2D eigenvalue weighted by Gasteiger charge is 2.06. The van der Waals surface area contributed by atoms with Crippen LogP contribution in [0.25, 0.3) is 11.1 Å². The van der Waals surface area contributed by atoms with Crippen molar-refractivity contribution in [1.29, 1.82) is 0 Å². The first-order chi connectivity index (χ1) is 8.70. The summed E-state index contributed by atoms with van der Waals surface area (Å²) in [5, 5.41) is 3.88. The Kier molecular flexibility index (Phi) is 4.34. The Morgan fingerprint density at radius 1 is 1.11 bits per heavy atom. The molecule has 94 valence electrons. The SMILES string of the molecule is CCNCc1ccc(F)c(-c2ccc(Cl)cc2)c1. The van der Waals surface area contributed by atoms with E-state index in [-0.39, 0.29) is 5.82 Å². The smallest absolute Gasteiger partial charge is 0.131 e. The molecule has 0 bridgehead atoms. The van der Waals surface area contributed by atoms with Crippen LogP contribution < -0.4 is 5.32 Å². The van der Waals surface area contributed by atoms with E-state index in [0.717, 1.165) is 24.2 Å². The maximum Gasteiger partial charge on any atom is 0.131 e. The van der Waals surface area contributed by atoms with E-state index in [2.05, 4.69) is 5.32 Å². The van der Waals surface area contributed by atoms with Crippen molar-refractivity contribution in [2.45, 2.75) is 13.5 Å². The average molecular weight is 264 g/mol. The van der Waals surface area contributed by atoms with Gasteiger partial charge >= 0.3 is 0 Å². The maximum absolute atomic E-state index is 13.8. The van der Waals surface area contributed by atoms with Gasteiger partial charge in [0.05, 0.1) is 0 Å². The quantitative estimate of drug-likeness (QED) is 0.869. The molecule has 0 aliphatic heterocycles. The first kappa shape index (κ1) is 13.1. The van der Waals surface area contributed by atoms with Crippen molar-refractivity contribution in [2.75, 3.05) is 6.54 Å². The first-order valence-electron chi connectivity index (χ1n) is 5.96. The number of hydrogen-bond acceptors (Lipinski definition) is 1. The van der Waals surface area contributed by atoms with Crippen molar-refractivity contribution in [3.8, 4) is 11.1 Å². The predicted molar refractivity (Wildman–Crippen MR) is 74.2 cm³/mol. The largest absolute Gasteiger partial charge is 0.313 e. The second kappa shape index (κ2) is 5.98. The average Bonchev–Trinajstić information content (AvgIpc) is 2.39. The van der Waals surface area contributed by atoms with Gasteiger partial charge in [0.25, 0.3) is 0 Å². The van der Waals surface area contributed by atoms with Gasteiger partial charge < -0.3 is 5.32 Å². The number of hydrogen-bond donors (Lipinski definition) is 1. The lowest BCUT2D eigenvalue weighted by atomic mass is 10.0. The van der Waals surface area contributed by atoms with Gasteiger partial charge in [0.15, 0.2) is 0 Å². The van der Waals surface area contributed by atoms with Crippen LogP contribution in [0.5, 0.6) is 0 Å². The van der Waals surface area contributed by atoms with Crippen molar-refractivity contribution in [3.63, 3.8) is 0 Å². The Labute approximate surface area is 112 Å². The zero-order chi connectivity index (χ0) is 13.0. The molecular formula is C15H15ClFN. The predicted octanol–water partition coefficient (Wildman–Crippen LogP) is 4.26. The molecule has 0 aliphatic rings. The van der Waals surface area contributed by atoms with E-state index in [1.54, 1.807) is 18.2 Å². The summed E-state index contributed by atoms with van der Waals surface area (Å²) in [6.07, 6.45) is 0. The van der Waals surface area contributed by atoms with Crippen LogP contribution in [0.15, 0.2) is 42.5 Å². The van der Waals surface area contributed by atoms with Gasteiger partial charge in [0.1, 0.15) is 5.82 Å². The molecule has 18 heavy (non-hydrogen) atoms. The molecule has 2 aromatic rings. The van der Waals surface area contributed by atoms with E-state index < -0.39 is 0 Å². The minimum Gasteiger partial charge on any atom is -0.313 e. The number of benzene rings is 2. The molecule has 0 aromatic heterocycles. The molecule has 3 heteroatoms. The summed E-state index contributed by atoms with van der Waals surface area (Å²) in [7, 11) is 0. The fourth-order valence-electron chi connectivity index (χ4n) is 1.80. The molecule has 0 saturated carbocycles. The van der Waals surface area contributed by atoms with Gasteiger partial charge in [-0.3, -0.25) is 0 Å². The minimum absolute atomic E-state index is 0.211. The fraction of sp³-hybridized carbons (Fsp3) is 0.200. The fourth-order valence-corrected chi connectivity index (χ4v) is 1.93. The number of halogens is 2. The van der Waals surface area contributed by atoms with Crippen LogP contribution in [0.3, 0.4) is 0 Å². The maximum atomic E-state index is 13.8. The first-order valence-corrected chi connectivity index (χ1v) is 6.33. The zero-order valence-electron chi connectivity index (χ0n) is 10.2. The molecule has 0 atom stereocenters. The van der Waals surface area contributed by atoms with Gasteiger partial charge in [0, 0.05) is 17.1 Å². The molecule has 0 amide bonds. The molecule has 0 saturated heterocycles. The van der Waals surface area contributed by atoms with Gasteiger partial charge in [0.2, 0.25) is 0 Å². The van der Waals surface area contributed by atoms with Gasteiger partial charge in [-0.05, 0) is 41.9 Å². The zero-order valence-corrected chi connectivity index (χ0v) is 11.0. The molecule has 0 spiro atoms. The Bertz CT molecular complexity index is 523. The molecule has 2 rings (SSSR count). The third-order valence-corrected chi connectivity index (χ3v) is 3.02. The van der Waals surface area contributed by atoms with Crippen molar-refractivity contribution < 1.29 is 4.39 Å². The summed E-state index contributed by atoms with van der Waals surface area (Å²) in [4.78, 5) is 0. The van der Waals surface area contributed by atoms with Crippen LogP contribution >= 0.6 is 11.6 Å². The summed E-state index contributed by atoms with van der Waals surface area (Å²) >= 11 is 5.83. The van der Waals surface area contributed by atoms with Gasteiger partial charge in [-0.25, -0.2) is 4.39 Å². The molecule has 0 radical (unpaired) electrons. The summed E-state index contributed by atoms with van der Waals surface area (Å²) in [5.74, 6) is -0.211. The molecular weight excluding hydrogens is 249 g/mol. The van der Waals surface area contributed by atoms with Gasteiger partial charge in [-0.15, -0.1) is 0 Å². The molecule has 1 nitrogen and oxygen atoms in total. The van der Waals surface area contributed by atoms with Crippen molar-refractivity contribution in [2.24, 2.45) is 0 Å². The molecule has 1 N–H and O–H groups in total. The lowest BCUT2D eigenvalue weighted by Gasteiger charge is -2.08. The molecule has 0 unspecified atom stereocenters. The Morgan fingerprint density at radius 3 is 2.50 bits per heavy atom. The van der Waals surface area contributed by atoms with Crippen molar-refractivity contribution in [1.82, 2.24) is 5.32 Å². The van der Waals surface area contributed by atoms with E-state index in [1.165, 1.54) is 6.07 Å². The molecule has 0 heterocycles. The second-order valence-electron chi connectivity index (χ2n) is 4.10. The van der Waals surface area contributed by atoms with E-state index in [0.29, 0.717) is 10.6 Å². The topological polar surface area (TPSA) is 12.0 Å². The summed E-state index contributed by atoms with van der Waals surface area (Å²) in [6.45, 7) is 3.69. The number of nitrogens with one attached hydrogen (secondary N) is 1. The lowest BCUT2D eigenvalue weighted by molar-refractivity contribution is 0.629. The minimum atomic E-state index is -0.211.